The maximum atomic E-state index is 11.6. The molecule has 10 atom stereocenters. The Hall–Kier alpha value is 13.6. The molecule has 0 aromatic carbocycles. The molecule has 1 rings (SSSR count). The maximum absolute atomic E-state index is 11.6. The van der Waals surface area contributed by atoms with Crippen molar-refractivity contribution < 1.29 is 628 Å². The molecule has 1 fully saturated rings. The van der Waals surface area contributed by atoms with E-state index in [1.54, 1.807) is 0 Å². The van der Waals surface area contributed by atoms with Crippen molar-refractivity contribution in [3.8, 4) is 0 Å². The van der Waals surface area contributed by atoms with Crippen molar-refractivity contribution in [2.75, 3.05) is 19.8 Å². The predicted molar refractivity (Wildman–Crippen MR) is 149 cm³/mol. The first-order valence-electron chi connectivity index (χ1n) is 12.6. The molecule has 0 radical (unpaired) electrons. The Bertz CT molecular complexity index is 2370. The molecule has 0 amide bonds. The fourth-order valence-corrected chi connectivity index (χ4v) is 7.84. The van der Waals surface area contributed by atoms with Gasteiger partial charge in [0.15, 0.2) is 12.4 Å². The molecule has 0 aromatic heterocycles. The van der Waals surface area contributed by atoms with Gasteiger partial charge < -0.3 is 55.9 Å². The molecule has 68 heavy (non-hydrogen) atoms. The zero-order chi connectivity index (χ0) is 45.7. The summed E-state index contributed by atoms with van der Waals surface area (Å²) in [5.74, 6) is 0. The molecule has 1 N–H and O–H groups in total. The van der Waals surface area contributed by atoms with Crippen LogP contribution >= 0.6 is 0 Å². The van der Waals surface area contributed by atoms with E-state index >= 15 is 0 Å². The van der Waals surface area contributed by atoms with Gasteiger partial charge >= 0.3 is 462 Å². The van der Waals surface area contributed by atoms with Gasteiger partial charge in [0.05, 0.1) is 31.2 Å². The molecule has 1 aliphatic heterocycles. The topological polar surface area (TPSA) is 629 Å². The number of ether oxygens (including phenoxy) is 2. The molecule has 0 saturated carbocycles. The summed E-state index contributed by atoms with van der Waals surface area (Å²) in [7, 11) is -51.6. The van der Waals surface area contributed by atoms with E-state index < -0.39 is 169 Å². The van der Waals surface area contributed by atoms with Crippen molar-refractivity contribution in [2.24, 2.45) is 0 Å². The van der Waals surface area contributed by atoms with Crippen molar-refractivity contribution in [3.63, 3.8) is 0 Å². The second-order valence-corrected chi connectivity index (χ2v) is 18.2. The van der Waals surface area contributed by atoms with Crippen LogP contribution in [0, 0.1) is 0 Å². The normalized spacial score (nSPS) is 21.1. The van der Waals surface area contributed by atoms with E-state index in [0.29, 0.717) is 0 Å². The molecule has 0 spiro atoms. The average molecular weight is 1410 g/mol. The van der Waals surface area contributed by atoms with Crippen molar-refractivity contribution in [1.82, 2.24) is 0 Å². The minimum Gasteiger partial charge on any atom is -0.870 e. The average Bonchev–Trinajstić information content (AvgIpc) is 2.92. The van der Waals surface area contributed by atoms with Crippen molar-refractivity contribution in [3.05, 3.63) is 0 Å². The van der Waals surface area contributed by atoms with Crippen molar-refractivity contribution >= 4 is 94.6 Å². The van der Waals surface area contributed by atoms with Gasteiger partial charge in [-0.25, -0.2) is 71.6 Å². The van der Waals surface area contributed by atoms with Crippen LogP contribution in [0.2, 0.25) is 0 Å². The van der Waals surface area contributed by atoms with Gasteiger partial charge in [0.1, 0.15) is 42.7 Å². The Labute approximate surface area is 773 Å². The smallest absolute Gasteiger partial charge is 0.870 e. The van der Waals surface area contributed by atoms with Crippen LogP contribution in [0.15, 0.2) is 0 Å². The molecule has 1 unspecified atom stereocenters. The fourth-order valence-electron chi connectivity index (χ4n) is 3.91. The second-order valence-electron chi connectivity index (χ2n) is 9.49. The van der Waals surface area contributed by atoms with E-state index in [1.165, 1.54) is 0 Å². The molecule has 0 aliphatic carbocycles. The van der Waals surface area contributed by atoms with Crippen molar-refractivity contribution in [2.45, 2.75) is 55.1 Å². The van der Waals surface area contributed by atoms with Crippen LogP contribution in [0.5, 0.6) is 0 Å². The van der Waals surface area contributed by atoms with E-state index in [0.717, 1.165) is 0 Å². The number of hydrogen-bond acceptors (Lipinski definition) is 38. The van der Waals surface area contributed by atoms with E-state index in [4.69, 9.17) is 4.74 Å². The van der Waals surface area contributed by atoms with Gasteiger partial charge in [-0.3, -0.25) is 37.6 Å². The molecule has 1 heterocycles. The van der Waals surface area contributed by atoms with Crippen LogP contribution in [0.1, 0.15) is 0 Å². The minimum atomic E-state index is -6.74. The molecule has 56 heteroatoms. The first kappa shape index (κ1) is 103. The van der Waals surface area contributed by atoms with E-state index in [1.807, 2.05) is 0 Å². The molecule has 1 aliphatic rings. The van der Waals surface area contributed by atoms with E-state index in [-0.39, 0.29) is 468 Å². The number of hydrogen-bond donors (Lipinski definition) is 0. The summed E-state index contributed by atoms with van der Waals surface area (Å²) in [5, 5.41) is 0. The summed E-state index contributed by atoms with van der Waals surface area (Å²) in [6.45, 7) is -6.88. The first-order chi connectivity index (χ1) is 25.5. The molecule has 0 aromatic rings. The van der Waals surface area contributed by atoms with Crippen LogP contribution in [-0.4, -0.2) is 193 Å². The Morgan fingerprint density at radius 2 is 0.765 bits per heavy atom. The minimum absolute atomic E-state index is 0. The monoisotopic (exact) mass is 1410 g/mol. The summed E-state index contributed by atoms with van der Waals surface area (Å²) >= 11 is -4.05. The Balaban J connectivity index is -0.000000420. The Morgan fingerprint density at radius 1 is 0.441 bits per heavy atom. The van der Waals surface area contributed by atoms with Crippen LogP contribution in [0.25, 0.3) is 0 Å². The van der Waals surface area contributed by atoms with Crippen LogP contribution in [0.4, 0.5) is 0 Å². The van der Waals surface area contributed by atoms with Crippen LogP contribution in [-0.2, 0) is 142 Å². The SMILES string of the molecule is O=S([O-])O[C@H]1[C@H](OS(=O)(=O)[O-])[C@@H](OS(=O)(=O)[O-])[C@H](OC[C@@H](OS(=O)(=O)[O-])[C@@H](OS(=O)(=O)[O-])[C@H](OS(=O)(=O)[O-])[C@H](COS(=O)(=O)[O-])OS(=O)(=O)[O-])O[C@@H]1COS(=O)(=O)[O-].[K+].[K+].[K+].[K+].[K+].[K+].[K+].[K+].[K+].[OH-]. The molecular weight excluding hydrogens is 1390 g/mol. The third-order valence-corrected chi connectivity index (χ3v) is 9.44. The van der Waals surface area contributed by atoms with Crippen LogP contribution < -0.4 is 462 Å². The summed E-state index contributed by atoms with van der Waals surface area (Å²) < 4.78 is 340. The number of rotatable bonds is 26. The molecule has 0 bridgehead atoms. The standard InChI is InChI=1S/C12H24O37S9.9K.H2O/c13-50(14)43-7-4(2-40-51(15,16)17)42-12(11(49-58(36,37)38)10(7)48-57(33,34)35)39-1-5(44-53(21,22)23)8(46-55(27,28)29)9(47-56(30,31)32)6(45-54(24,25)26)3-41-52(18,19)20;;;;;;;;;;/h4-12H,1-3H2,(H,13,14)(H,15,16,17)(H,18,19,20)(H,21,22,23)(H,24,25,26)(H,27,28,29)(H,30,31,32)(H,33,34,35)(H,36,37,38);;;;;;;;;;1H2/q;9*+1;/p-10/t4-,5-,6+,7-,8-,9-,10+,11-,12-;;;;;;;;;;/m1........../s1. The van der Waals surface area contributed by atoms with Gasteiger partial charge in [0.2, 0.25) is 83.2 Å². The summed E-state index contributed by atoms with van der Waals surface area (Å²) in [6.07, 6.45) is -31.4. The molecule has 38 nitrogen and oxygen atoms in total. The zero-order valence-corrected chi connectivity index (χ0v) is 71.0. The molecular formula is C12H16K9O38S9-. The Morgan fingerprint density at radius 3 is 1.06 bits per heavy atom. The van der Waals surface area contributed by atoms with Crippen molar-refractivity contribution in [1.29, 1.82) is 0 Å². The zero-order valence-electron chi connectivity index (χ0n) is 35.5. The molecule has 1 saturated heterocycles. The van der Waals surface area contributed by atoms with Gasteiger partial charge in [-0.15, -0.1) is 0 Å². The van der Waals surface area contributed by atoms with Gasteiger partial charge in [-0.05, 0) is 0 Å². The largest absolute Gasteiger partial charge is 1.00 e. The maximum Gasteiger partial charge on any atom is 1.00 e. The Kier molecular flexibility index (Phi) is 69.7. The van der Waals surface area contributed by atoms with Gasteiger partial charge in [0, 0.05) is 0 Å². The van der Waals surface area contributed by atoms with Gasteiger partial charge in [-0.2, -0.15) is 0 Å². The quantitative estimate of drug-likeness (QED) is 0.0336. The van der Waals surface area contributed by atoms with E-state index in [2.05, 4.69) is 42.4 Å². The molecule has 356 valence electrons. The van der Waals surface area contributed by atoms with Crippen LogP contribution in [0.3, 0.4) is 0 Å². The predicted octanol–water partition coefficient (Wildman–Crippen LogP) is -37.2. The summed E-state index contributed by atoms with van der Waals surface area (Å²) in [4.78, 5) is 0. The first-order valence-corrected chi connectivity index (χ1v) is 24.3. The summed E-state index contributed by atoms with van der Waals surface area (Å²) in [5.41, 5.74) is 0. The fraction of sp³-hybridized carbons (Fsp3) is 1.00. The summed E-state index contributed by atoms with van der Waals surface area (Å²) in [6, 6.07) is 0. The van der Waals surface area contributed by atoms with Gasteiger partial charge in [0.25, 0.3) is 0 Å². The van der Waals surface area contributed by atoms with E-state index in [9.17, 15) is 113 Å². The van der Waals surface area contributed by atoms with Gasteiger partial charge in [-0.1, -0.05) is 0 Å². The third kappa shape index (κ3) is 52.7. The third-order valence-electron chi connectivity index (χ3n) is 5.41. The second kappa shape index (κ2) is 45.8.